The van der Waals surface area contributed by atoms with Crippen molar-refractivity contribution in [3.63, 3.8) is 0 Å². The predicted molar refractivity (Wildman–Crippen MR) is 116 cm³/mol. The molecule has 1 heterocycles. The molecule has 1 aliphatic heterocycles. The van der Waals surface area contributed by atoms with E-state index in [4.69, 9.17) is 16.3 Å². The van der Waals surface area contributed by atoms with Crippen LogP contribution in [0, 0.1) is 11.6 Å². The third-order valence-electron chi connectivity index (χ3n) is 5.16. The molecule has 0 bridgehead atoms. The lowest BCUT2D eigenvalue weighted by molar-refractivity contribution is -0.189. The second-order valence-electron chi connectivity index (χ2n) is 7.66. The van der Waals surface area contributed by atoms with Gasteiger partial charge in [0, 0.05) is 19.2 Å². The summed E-state index contributed by atoms with van der Waals surface area (Å²) in [5.41, 5.74) is -1.56. The minimum Gasteiger partial charge on any atom is -0.480 e. The van der Waals surface area contributed by atoms with Crippen LogP contribution >= 0.6 is 11.6 Å². The van der Waals surface area contributed by atoms with Gasteiger partial charge in [0.25, 0.3) is 5.91 Å². The quantitative estimate of drug-likeness (QED) is 0.474. The summed E-state index contributed by atoms with van der Waals surface area (Å²) in [4.78, 5) is 26.6. The molecule has 0 radical (unpaired) electrons. The van der Waals surface area contributed by atoms with Gasteiger partial charge in [0.15, 0.2) is 6.10 Å². The molecular formula is C22H21ClF5N3O3. The van der Waals surface area contributed by atoms with E-state index in [0.29, 0.717) is 26.1 Å². The molecule has 1 saturated heterocycles. The number of urea groups is 1. The molecule has 184 valence electrons. The molecule has 2 aromatic rings. The molecule has 1 atom stereocenters. The van der Waals surface area contributed by atoms with Gasteiger partial charge in [-0.2, -0.15) is 13.2 Å². The van der Waals surface area contributed by atoms with E-state index >= 15 is 0 Å². The summed E-state index contributed by atoms with van der Waals surface area (Å²) in [6, 6.07) is 4.33. The molecule has 34 heavy (non-hydrogen) atoms. The second kappa shape index (κ2) is 10.5. The van der Waals surface area contributed by atoms with Gasteiger partial charge < -0.3 is 20.3 Å². The zero-order valence-corrected chi connectivity index (χ0v) is 18.7. The fourth-order valence-corrected chi connectivity index (χ4v) is 3.48. The topological polar surface area (TPSA) is 70.7 Å². The van der Waals surface area contributed by atoms with E-state index in [-0.39, 0.29) is 5.02 Å². The number of benzene rings is 2. The van der Waals surface area contributed by atoms with Crippen molar-refractivity contribution < 1.29 is 36.3 Å². The maximum Gasteiger partial charge on any atom is 0.425 e. The standard InChI is InChI=1S/C22H21ClF5N3O3/c1-12(22(26,27)28)34-18-11-17(29-21(33)31-8-3-2-4-9-31)16(25)10-13(18)20(32)30-19-14(23)6-5-7-15(19)24/h5-7,10-12H,2-4,8-9H2,1H3,(H,29,33)(H,30,32). The van der Waals surface area contributed by atoms with E-state index in [1.807, 2.05) is 0 Å². The summed E-state index contributed by atoms with van der Waals surface area (Å²) in [7, 11) is 0. The van der Waals surface area contributed by atoms with Gasteiger partial charge in [0.2, 0.25) is 0 Å². The first-order valence-electron chi connectivity index (χ1n) is 10.4. The molecule has 0 aromatic heterocycles. The Morgan fingerprint density at radius 2 is 1.74 bits per heavy atom. The van der Waals surface area contributed by atoms with Gasteiger partial charge in [-0.3, -0.25) is 4.79 Å². The molecule has 0 saturated carbocycles. The van der Waals surface area contributed by atoms with Crippen LogP contribution in [-0.4, -0.2) is 42.2 Å². The Hall–Kier alpha value is -3.08. The molecule has 1 unspecified atom stereocenters. The fourth-order valence-electron chi connectivity index (χ4n) is 3.27. The van der Waals surface area contributed by atoms with E-state index in [1.54, 1.807) is 0 Å². The lowest BCUT2D eigenvalue weighted by Gasteiger charge is -2.27. The molecule has 6 nitrogen and oxygen atoms in total. The number of piperidine rings is 1. The van der Waals surface area contributed by atoms with Crippen LogP contribution in [0.25, 0.3) is 0 Å². The van der Waals surface area contributed by atoms with Crippen LogP contribution in [0.3, 0.4) is 0 Å². The van der Waals surface area contributed by atoms with Crippen LogP contribution < -0.4 is 15.4 Å². The first-order valence-corrected chi connectivity index (χ1v) is 10.7. The van der Waals surface area contributed by atoms with Crippen LogP contribution in [0.2, 0.25) is 5.02 Å². The molecule has 1 fully saturated rings. The number of likely N-dealkylation sites (tertiary alicyclic amines) is 1. The molecular weight excluding hydrogens is 485 g/mol. The number of amides is 3. The number of hydrogen-bond acceptors (Lipinski definition) is 3. The van der Waals surface area contributed by atoms with Gasteiger partial charge >= 0.3 is 12.2 Å². The van der Waals surface area contributed by atoms with Gasteiger partial charge in [-0.15, -0.1) is 0 Å². The third kappa shape index (κ3) is 6.07. The van der Waals surface area contributed by atoms with E-state index < -0.39 is 58.5 Å². The SMILES string of the molecule is CC(Oc1cc(NC(=O)N2CCCCC2)c(F)cc1C(=O)Nc1c(F)cccc1Cl)C(F)(F)F. The van der Waals surface area contributed by atoms with Gasteiger partial charge in [0.05, 0.1) is 22.0 Å². The Balaban J connectivity index is 1.94. The molecule has 3 amide bonds. The van der Waals surface area contributed by atoms with Crippen molar-refractivity contribution in [3.05, 3.63) is 52.6 Å². The number of rotatable bonds is 5. The monoisotopic (exact) mass is 505 g/mol. The zero-order valence-electron chi connectivity index (χ0n) is 17.9. The number of alkyl halides is 3. The van der Waals surface area contributed by atoms with Gasteiger partial charge in [-0.1, -0.05) is 17.7 Å². The van der Waals surface area contributed by atoms with Crippen LogP contribution in [0.1, 0.15) is 36.5 Å². The Morgan fingerprint density at radius 1 is 1.06 bits per heavy atom. The largest absolute Gasteiger partial charge is 0.480 e. The molecule has 2 aromatic carbocycles. The number of nitrogens with zero attached hydrogens (tertiary/aromatic N) is 1. The highest BCUT2D eigenvalue weighted by Crippen LogP contribution is 2.33. The summed E-state index contributed by atoms with van der Waals surface area (Å²) in [6.07, 6.45) is -4.68. The van der Waals surface area contributed by atoms with Crippen molar-refractivity contribution in [2.45, 2.75) is 38.5 Å². The van der Waals surface area contributed by atoms with E-state index in [2.05, 4.69) is 10.6 Å². The first-order chi connectivity index (χ1) is 16.0. The average Bonchev–Trinajstić information content (AvgIpc) is 2.78. The number of carbonyl (C=O) groups excluding carboxylic acids is 2. The average molecular weight is 506 g/mol. The number of halogens is 6. The van der Waals surface area contributed by atoms with E-state index in [0.717, 1.165) is 31.4 Å². The second-order valence-corrected chi connectivity index (χ2v) is 8.07. The lowest BCUT2D eigenvalue weighted by atomic mass is 10.1. The molecule has 1 aliphatic rings. The van der Waals surface area contributed by atoms with Gasteiger partial charge in [-0.05, 0) is 44.4 Å². The number of ether oxygens (including phenoxy) is 1. The lowest BCUT2D eigenvalue weighted by Crippen LogP contribution is -2.39. The van der Waals surface area contributed by atoms with Crippen molar-refractivity contribution >= 4 is 34.9 Å². The van der Waals surface area contributed by atoms with Gasteiger partial charge in [-0.25, -0.2) is 13.6 Å². The Morgan fingerprint density at radius 3 is 2.35 bits per heavy atom. The molecule has 12 heteroatoms. The van der Waals surface area contributed by atoms with Crippen molar-refractivity contribution in [1.29, 1.82) is 0 Å². The van der Waals surface area contributed by atoms with Crippen molar-refractivity contribution in [2.24, 2.45) is 0 Å². The Labute approximate surface area is 197 Å². The first kappa shape index (κ1) is 25.5. The highest BCUT2D eigenvalue weighted by atomic mass is 35.5. The predicted octanol–water partition coefficient (Wildman–Crippen LogP) is 6.22. The van der Waals surface area contributed by atoms with Crippen molar-refractivity contribution in [3.8, 4) is 5.75 Å². The normalized spacial score (nSPS) is 15.0. The summed E-state index contributed by atoms with van der Waals surface area (Å²) in [5.74, 6) is -3.82. The summed E-state index contributed by atoms with van der Waals surface area (Å²) < 4.78 is 73.1. The minimum atomic E-state index is -4.80. The van der Waals surface area contributed by atoms with Crippen LogP contribution in [-0.2, 0) is 0 Å². The Kier molecular flexibility index (Phi) is 7.86. The maximum atomic E-state index is 14.8. The minimum absolute atomic E-state index is 0.176. The summed E-state index contributed by atoms with van der Waals surface area (Å²) >= 11 is 5.87. The molecule has 0 spiro atoms. The smallest absolute Gasteiger partial charge is 0.425 e. The highest BCUT2D eigenvalue weighted by molar-refractivity contribution is 6.34. The van der Waals surface area contributed by atoms with Crippen molar-refractivity contribution in [2.75, 3.05) is 23.7 Å². The summed E-state index contributed by atoms with van der Waals surface area (Å²) in [6.45, 7) is 1.60. The molecule has 0 aliphatic carbocycles. The number of anilines is 2. The number of para-hydroxylation sites is 1. The van der Waals surface area contributed by atoms with E-state index in [9.17, 15) is 31.5 Å². The number of carbonyl (C=O) groups is 2. The summed E-state index contributed by atoms with van der Waals surface area (Å²) in [5, 5.41) is 4.25. The fraction of sp³-hybridized carbons (Fsp3) is 0.364. The maximum absolute atomic E-state index is 14.8. The highest BCUT2D eigenvalue weighted by Gasteiger charge is 2.39. The van der Waals surface area contributed by atoms with Crippen LogP contribution in [0.15, 0.2) is 30.3 Å². The van der Waals surface area contributed by atoms with Crippen LogP contribution in [0.4, 0.5) is 38.1 Å². The van der Waals surface area contributed by atoms with Gasteiger partial charge in [0.1, 0.15) is 17.4 Å². The molecule has 2 N–H and O–H groups in total. The van der Waals surface area contributed by atoms with E-state index in [1.165, 1.54) is 17.0 Å². The molecule has 3 rings (SSSR count). The Bertz CT molecular complexity index is 1050. The van der Waals surface area contributed by atoms with Crippen LogP contribution in [0.5, 0.6) is 5.75 Å². The number of nitrogens with one attached hydrogen (secondary N) is 2. The van der Waals surface area contributed by atoms with Crippen molar-refractivity contribution in [1.82, 2.24) is 4.90 Å². The zero-order chi connectivity index (χ0) is 25.0. The third-order valence-corrected chi connectivity index (χ3v) is 5.48. The number of hydrogen-bond donors (Lipinski definition) is 2.